The summed E-state index contributed by atoms with van der Waals surface area (Å²) in [6.07, 6.45) is 7.86. The zero-order valence-electron chi connectivity index (χ0n) is 21.9. The van der Waals surface area contributed by atoms with E-state index in [1.807, 2.05) is 52.3 Å². The third-order valence-electron chi connectivity index (χ3n) is 7.36. The summed E-state index contributed by atoms with van der Waals surface area (Å²) in [5.74, 6) is 0.864. The lowest BCUT2D eigenvalue weighted by Crippen LogP contribution is -2.49. The number of para-hydroxylation sites is 1. The highest BCUT2D eigenvalue weighted by molar-refractivity contribution is 5.82. The van der Waals surface area contributed by atoms with E-state index in [1.54, 1.807) is 6.20 Å². The molecule has 0 bridgehead atoms. The van der Waals surface area contributed by atoms with Crippen molar-refractivity contribution in [1.82, 2.24) is 24.4 Å². The van der Waals surface area contributed by atoms with Gasteiger partial charge in [0.2, 0.25) is 11.9 Å². The van der Waals surface area contributed by atoms with E-state index in [-0.39, 0.29) is 18.1 Å². The average Bonchev–Trinajstić information content (AvgIpc) is 3.35. The number of morpholine rings is 1. The Morgan fingerprint density at radius 3 is 2.39 bits per heavy atom. The standard InChI is InChI=1S/C29H33N7O2/c1-21-18-36(19-22(2)38-21)29-31-16-24(17-32-29)25-7-3-4-8-26(25)33-12-14-34(15-13-33)27(37)20-35-11-9-23-6-5-10-30-28(23)35/h3-11,16-17,21-22H,12-15,18-20H2,1-2H3/t21-,22+. The highest BCUT2D eigenvalue weighted by atomic mass is 16.5. The predicted molar refractivity (Wildman–Crippen MR) is 148 cm³/mol. The molecule has 196 valence electrons. The molecule has 9 heteroatoms. The number of ether oxygens (including phenoxy) is 1. The first kappa shape index (κ1) is 24.4. The van der Waals surface area contributed by atoms with Crippen molar-refractivity contribution in [1.29, 1.82) is 0 Å². The van der Waals surface area contributed by atoms with Crippen molar-refractivity contribution in [2.75, 3.05) is 49.1 Å². The van der Waals surface area contributed by atoms with Crippen molar-refractivity contribution in [3.63, 3.8) is 0 Å². The van der Waals surface area contributed by atoms with Gasteiger partial charge in [-0.25, -0.2) is 15.0 Å². The van der Waals surface area contributed by atoms with Crippen LogP contribution in [0.25, 0.3) is 22.2 Å². The second kappa shape index (κ2) is 10.4. The van der Waals surface area contributed by atoms with E-state index in [0.717, 1.165) is 60.0 Å². The number of hydrogen-bond acceptors (Lipinski definition) is 7. The normalized spacial score (nSPS) is 20.2. The molecule has 2 atom stereocenters. The van der Waals surface area contributed by atoms with E-state index in [4.69, 9.17) is 14.7 Å². The van der Waals surface area contributed by atoms with E-state index in [9.17, 15) is 4.79 Å². The van der Waals surface area contributed by atoms with E-state index >= 15 is 0 Å². The molecule has 2 aliphatic heterocycles. The maximum Gasteiger partial charge on any atom is 0.242 e. The zero-order valence-corrected chi connectivity index (χ0v) is 21.9. The summed E-state index contributed by atoms with van der Waals surface area (Å²) in [5, 5.41) is 1.05. The molecule has 0 N–H and O–H groups in total. The third-order valence-corrected chi connectivity index (χ3v) is 7.36. The lowest BCUT2D eigenvalue weighted by molar-refractivity contribution is -0.132. The van der Waals surface area contributed by atoms with Gasteiger partial charge in [0.05, 0.1) is 12.2 Å². The maximum absolute atomic E-state index is 13.1. The van der Waals surface area contributed by atoms with Crippen LogP contribution in [0.4, 0.5) is 11.6 Å². The van der Waals surface area contributed by atoms with Gasteiger partial charge in [-0.1, -0.05) is 18.2 Å². The number of fused-ring (bicyclic) bond motifs is 1. The van der Waals surface area contributed by atoms with Gasteiger partial charge in [-0.2, -0.15) is 0 Å². The molecule has 6 rings (SSSR count). The van der Waals surface area contributed by atoms with Crippen LogP contribution in [0.3, 0.4) is 0 Å². The van der Waals surface area contributed by atoms with Crippen molar-refractivity contribution < 1.29 is 9.53 Å². The summed E-state index contributed by atoms with van der Waals surface area (Å²) >= 11 is 0. The fourth-order valence-corrected chi connectivity index (χ4v) is 5.55. The fraction of sp³-hybridized carbons (Fsp3) is 0.379. The van der Waals surface area contributed by atoms with Crippen molar-refractivity contribution >= 4 is 28.6 Å². The number of hydrogen-bond donors (Lipinski definition) is 0. The molecule has 0 radical (unpaired) electrons. The lowest BCUT2D eigenvalue weighted by atomic mass is 10.1. The molecular weight excluding hydrogens is 478 g/mol. The smallest absolute Gasteiger partial charge is 0.242 e. The molecule has 1 amide bonds. The van der Waals surface area contributed by atoms with Crippen LogP contribution >= 0.6 is 0 Å². The second-order valence-electron chi connectivity index (χ2n) is 10.2. The minimum atomic E-state index is 0.122. The zero-order chi connectivity index (χ0) is 26.1. The van der Waals surface area contributed by atoms with Crippen molar-refractivity contribution in [3.05, 3.63) is 67.3 Å². The number of aromatic nitrogens is 4. The molecule has 1 aromatic carbocycles. The second-order valence-corrected chi connectivity index (χ2v) is 10.2. The Morgan fingerprint density at radius 2 is 1.63 bits per heavy atom. The summed E-state index contributed by atoms with van der Waals surface area (Å²) < 4.78 is 7.78. The van der Waals surface area contributed by atoms with Crippen LogP contribution in [0.1, 0.15) is 13.8 Å². The van der Waals surface area contributed by atoms with Gasteiger partial charge in [-0.05, 0) is 38.1 Å². The quantitative estimate of drug-likeness (QED) is 0.406. The van der Waals surface area contributed by atoms with E-state index in [1.165, 1.54) is 0 Å². The first-order valence-corrected chi connectivity index (χ1v) is 13.3. The van der Waals surface area contributed by atoms with Crippen molar-refractivity contribution in [2.45, 2.75) is 32.6 Å². The number of benzene rings is 1. The lowest BCUT2D eigenvalue weighted by Gasteiger charge is -2.37. The van der Waals surface area contributed by atoms with Crippen molar-refractivity contribution in [3.8, 4) is 11.1 Å². The van der Waals surface area contributed by atoms with Crippen LogP contribution in [-0.2, 0) is 16.1 Å². The number of rotatable bonds is 5. The number of pyridine rings is 1. The summed E-state index contributed by atoms with van der Waals surface area (Å²) in [5.41, 5.74) is 4.08. The predicted octanol–water partition coefficient (Wildman–Crippen LogP) is 3.46. The molecule has 38 heavy (non-hydrogen) atoms. The van der Waals surface area contributed by atoms with Crippen LogP contribution in [0.2, 0.25) is 0 Å². The highest BCUT2D eigenvalue weighted by Crippen LogP contribution is 2.31. The molecule has 2 aliphatic rings. The molecule has 0 spiro atoms. The van der Waals surface area contributed by atoms with Gasteiger partial charge in [0.1, 0.15) is 12.2 Å². The molecule has 2 saturated heterocycles. The Labute approximate surface area is 222 Å². The highest BCUT2D eigenvalue weighted by Gasteiger charge is 2.25. The molecule has 0 aliphatic carbocycles. The third kappa shape index (κ3) is 4.93. The Morgan fingerprint density at radius 1 is 0.895 bits per heavy atom. The molecule has 4 aromatic rings. The van der Waals surface area contributed by atoms with Crippen LogP contribution in [-0.4, -0.2) is 81.8 Å². The van der Waals surface area contributed by atoms with E-state index < -0.39 is 0 Å². The SMILES string of the molecule is C[C@@H]1CN(c2ncc(-c3ccccc3N3CCN(C(=O)Cn4ccc5cccnc54)CC3)cn2)C[C@H](C)O1. The maximum atomic E-state index is 13.1. The Kier molecular flexibility index (Phi) is 6.68. The molecular formula is C29H33N7O2. The minimum absolute atomic E-state index is 0.122. The van der Waals surface area contributed by atoms with Gasteiger partial charge < -0.3 is 24.0 Å². The minimum Gasteiger partial charge on any atom is -0.372 e. The first-order chi connectivity index (χ1) is 18.5. The van der Waals surface area contributed by atoms with Gasteiger partial charge in [-0.3, -0.25) is 4.79 Å². The number of carbonyl (C=O) groups excluding carboxylic acids is 1. The Balaban J connectivity index is 1.12. The monoisotopic (exact) mass is 511 g/mol. The van der Waals surface area contributed by atoms with Gasteiger partial charge >= 0.3 is 0 Å². The number of piperazine rings is 1. The topological polar surface area (TPSA) is 79.6 Å². The van der Waals surface area contributed by atoms with Crippen LogP contribution in [0.15, 0.2) is 67.3 Å². The van der Waals surface area contributed by atoms with Crippen LogP contribution < -0.4 is 9.80 Å². The van der Waals surface area contributed by atoms with E-state index in [2.05, 4.69) is 46.8 Å². The number of carbonyl (C=O) groups is 1. The number of nitrogens with zero attached hydrogens (tertiary/aromatic N) is 7. The molecule has 0 saturated carbocycles. The van der Waals surface area contributed by atoms with E-state index in [0.29, 0.717) is 19.6 Å². The van der Waals surface area contributed by atoms with Crippen LogP contribution in [0, 0.1) is 0 Å². The van der Waals surface area contributed by atoms with Crippen LogP contribution in [0.5, 0.6) is 0 Å². The number of amides is 1. The first-order valence-electron chi connectivity index (χ1n) is 13.3. The number of anilines is 2. The van der Waals surface area contributed by atoms with Gasteiger partial charge in [0.25, 0.3) is 0 Å². The molecule has 5 heterocycles. The van der Waals surface area contributed by atoms with Gasteiger partial charge in [0, 0.05) is 86.3 Å². The summed E-state index contributed by atoms with van der Waals surface area (Å²) in [6, 6.07) is 14.3. The molecule has 2 fully saturated rings. The summed E-state index contributed by atoms with van der Waals surface area (Å²) in [7, 11) is 0. The summed E-state index contributed by atoms with van der Waals surface area (Å²) in [6.45, 7) is 8.97. The average molecular weight is 512 g/mol. The Bertz CT molecular complexity index is 1400. The Hall–Kier alpha value is -3.98. The largest absolute Gasteiger partial charge is 0.372 e. The fourth-order valence-electron chi connectivity index (χ4n) is 5.55. The molecule has 0 unspecified atom stereocenters. The molecule has 3 aromatic heterocycles. The van der Waals surface area contributed by atoms with Crippen molar-refractivity contribution in [2.24, 2.45) is 0 Å². The van der Waals surface area contributed by atoms with Gasteiger partial charge in [0.15, 0.2) is 0 Å². The van der Waals surface area contributed by atoms with Gasteiger partial charge in [-0.15, -0.1) is 0 Å². The molecule has 9 nitrogen and oxygen atoms in total. The summed E-state index contributed by atoms with van der Waals surface area (Å²) in [4.78, 5) is 33.4.